The molecule has 0 aliphatic carbocycles. The standard InChI is InChI=1S/C10H12Cl2N2O3S/c11-8-3-1-2-7(10(8)12)6-9(15)14-4-5-18(13,16)17/h1-3H,4-6H2,(H,14,15)(H2,13,16,17). The summed E-state index contributed by atoms with van der Waals surface area (Å²) in [4.78, 5) is 11.5. The van der Waals surface area contributed by atoms with Crippen molar-refractivity contribution >= 4 is 39.1 Å². The van der Waals surface area contributed by atoms with E-state index in [-0.39, 0.29) is 24.6 Å². The van der Waals surface area contributed by atoms with Crippen LogP contribution in [0, 0.1) is 0 Å². The molecule has 0 heterocycles. The lowest BCUT2D eigenvalue weighted by atomic mass is 10.1. The molecule has 0 aliphatic rings. The summed E-state index contributed by atoms with van der Waals surface area (Å²) >= 11 is 11.7. The minimum atomic E-state index is -3.57. The number of sulfonamides is 1. The maximum atomic E-state index is 11.5. The van der Waals surface area contributed by atoms with Crippen molar-refractivity contribution in [3.8, 4) is 0 Å². The van der Waals surface area contributed by atoms with Crippen molar-refractivity contribution < 1.29 is 13.2 Å². The predicted octanol–water partition coefficient (Wildman–Crippen LogP) is 0.941. The number of hydrogen-bond donors (Lipinski definition) is 2. The van der Waals surface area contributed by atoms with Gasteiger partial charge in [0.25, 0.3) is 0 Å². The molecule has 1 aromatic rings. The van der Waals surface area contributed by atoms with Crippen molar-refractivity contribution in [2.24, 2.45) is 5.14 Å². The van der Waals surface area contributed by atoms with Crippen LogP contribution in [0.5, 0.6) is 0 Å². The van der Waals surface area contributed by atoms with Gasteiger partial charge >= 0.3 is 0 Å². The lowest BCUT2D eigenvalue weighted by Crippen LogP contribution is -2.32. The zero-order chi connectivity index (χ0) is 13.8. The predicted molar refractivity (Wildman–Crippen MR) is 71.1 cm³/mol. The topological polar surface area (TPSA) is 89.3 Å². The largest absolute Gasteiger partial charge is 0.355 e. The molecule has 0 aromatic heterocycles. The molecule has 1 amide bonds. The van der Waals surface area contributed by atoms with Gasteiger partial charge < -0.3 is 5.32 Å². The van der Waals surface area contributed by atoms with Crippen LogP contribution in [-0.4, -0.2) is 26.6 Å². The van der Waals surface area contributed by atoms with Gasteiger partial charge in [0.1, 0.15) is 0 Å². The summed E-state index contributed by atoms with van der Waals surface area (Å²) in [5, 5.41) is 7.92. The van der Waals surface area contributed by atoms with E-state index in [9.17, 15) is 13.2 Å². The minimum Gasteiger partial charge on any atom is -0.355 e. The van der Waals surface area contributed by atoms with Gasteiger partial charge in [-0.05, 0) is 11.6 Å². The Kier molecular flexibility index (Phi) is 5.40. The highest BCUT2D eigenvalue weighted by atomic mass is 35.5. The lowest BCUT2D eigenvalue weighted by molar-refractivity contribution is -0.120. The lowest BCUT2D eigenvalue weighted by Gasteiger charge is -2.06. The Balaban J connectivity index is 2.53. The van der Waals surface area contributed by atoms with Crippen molar-refractivity contribution in [2.75, 3.05) is 12.3 Å². The molecule has 0 unspecified atom stereocenters. The Morgan fingerprint density at radius 1 is 1.33 bits per heavy atom. The molecule has 0 saturated heterocycles. The van der Waals surface area contributed by atoms with Crippen LogP contribution in [0.3, 0.4) is 0 Å². The van der Waals surface area contributed by atoms with Crippen molar-refractivity contribution in [3.63, 3.8) is 0 Å². The van der Waals surface area contributed by atoms with E-state index in [4.69, 9.17) is 28.3 Å². The second-order valence-electron chi connectivity index (χ2n) is 3.61. The quantitative estimate of drug-likeness (QED) is 0.848. The van der Waals surface area contributed by atoms with Gasteiger partial charge in [0, 0.05) is 6.54 Å². The fourth-order valence-corrected chi connectivity index (χ4v) is 2.03. The second-order valence-corrected chi connectivity index (χ2v) is 6.13. The van der Waals surface area contributed by atoms with Crippen molar-refractivity contribution in [3.05, 3.63) is 33.8 Å². The number of amides is 1. The fraction of sp³-hybridized carbons (Fsp3) is 0.300. The van der Waals surface area contributed by atoms with Crippen molar-refractivity contribution in [1.29, 1.82) is 0 Å². The molecule has 100 valence electrons. The first-order valence-electron chi connectivity index (χ1n) is 4.99. The summed E-state index contributed by atoms with van der Waals surface area (Å²) in [7, 11) is -3.57. The molecule has 0 atom stereocenters. The highest BCUT2D eigenvalue weighted by molar-refractivity contribution is 7.89. The summed E-state index contributed by atoms with van der Waals surface area (Å²) in [6.45, 7) is -0.0319. The van der Waals surface area contributed by atoms with Gasteiger partial charge in [-0.2, -0.15) is 0 Å². The van der Waals surface area contributed by atoms with Gasteiger partial charge in [-0.3, -0.25) is 4.79 Å². The molecule has 5 nitrogen and oxygen atoms in total. The van der Waals surface area contributed by atoms with E-state index in [1.54, 1.807) is 18.2 Å². The SMILES string of the molecule is NS(=O)(=O)CCNC(=O)Cc1cccc(Cl)c1Cl. The maximum Gasteiger partial charge on any atom is 0.224 e. The summed E-state index contributed by atoms with van der Waals surface area (Å²) in [6.07, 6.45) is 0.0318. The van der Waals surface area contributed by atoms with E-state index in [2.05, 4.69) is 5.32 Å². The number of hydrogen-bond acceptors (Lipinski definition) is 3. The van der Waals surface area contributed by atoms with Crippen molar-refractivity contribution in [2.45, 2.75) is 6.42 Å². The van der Waals surface area contributed by atoms with Crippen LogP contribution in [0.1, 0.15) is 5.56 Å². The first kappa shape index (κ1) is 15.2. The van der Waals surface area contributed by atoms with Crippen LogP contribution in [0.2, 0.25) is 10.0 Å². The van der Waals surface area contributed by atoms with Crippen LogP contribution in [-0.2, 0) is 21.2 Å². The Hall–Kier alpha value is -0.820. The van der Waals surface area contributed by atoms with E-state index in [0.29, 0.717) is 15.6 Å². The van der Waals surface area contributed by atoms with Gasteiger partial charge in [0.05, 0.1) is 22.2 Å². The van der Waals surface area contributed by atoms with Crippen LogP contribution < -0.4 is 10.5 Å². The van der Waals surface area contributed by atoms with Crippen LogP contribution in [0.25, 0.3) is 0 Å². The highest BCUT2D eigenvalue weighted by Crippen LogP contribution is 2.25. The van der Waals surface area contributed by atoms with E-state index < -0.39 is 10.0 Å². The minimum absolute atomic E-state index is 0.0318. The Labute approximate surface area is 115 Å². The molecule has 8 heteroatoms. The molecule has 0 bridgehead atoms. The molecular formula is C10H12Cl2N2O3S. The monoisotopic (exact) mass is 310 g/mol. The third kappa shape index (κ3) is 5.22. The summed E-state index contributed by atoms with van der Waals surface area (Å²) in [5.41, 5.74) is 0.581. The third-order valence-electron chi connectivity index (χ3n) is 2.09. The van der Waals surface area contributed by atoms with Gasteiger partial charge in [-0.25, -0.2) is 13.6 Å². The van der Waals surface area contributed by atoms with Crippen molar-refractivity contribution in [1.82, 2.24) is 5.32 Å². The molecule has 0 aliphatic heterocycles. The van der Waals surface area contributed by atoms with Crippen LogP contribution in [0.15, 0.2) is 18.2 Å². The zero-order valence-electron chi connectivity index (χ0n) is 9.32. The number of nitrogens with two attached hydrogens (primary N) is 1. The average molecular weight is 311 g/mol. The number of benzene rings is 1. The number of carbonyl (C=O) groups is 1. The number of rotatable bonds is 5. The summed E-state index contributed by atoms with van der Waals surface area (Å²) < 4.78 is 21.3. The van der Waals surface area contributed by atoms with Crippen LogP contribution >= 0.6 is 23.2 Å². The molecule has 1 rings (SSSR count). The van der Waals surface area contributed by atoms with E-state index in [1.807, 2.05) is 0 Å². The van der Waals surface area contributed by atoms with Crippen LogP contribution in [0.4, 0.5) is 0 Å². The molecule has 1 aromatic carbocycles. The zero-order valence-corrected chi connectivity index (χ0v) is 11.6. The number of halogens is 2. The normalized spacial score (nSPS) is 11.3. The molecule has 18 heavy (non-hydrogen) atoms. The van der Waals surface area contributed by atoms with Gasteiger partial charge in [0.15, 0.2) is 0 Å². The molecule has 0 saturated carbocycles. The number of primary sulfonamides is 1. The van der Waals surface area contributed by atoms with Gasteiger partial charge in [-0.15, -0.1) is 0 Å². The fourth-order valence-electron chi connectivity index (χ4n) is 1.25. The second kappa shape index (κ2) is 6.38. The summed E-state index contributed by atoms with van der Waals surface area (Å²) in [5.74, 6) is -0.648. The number of carbonyl (C=O) groups excluding carboxylic acids is 1. The van der Waals surface area contributed by atoms with E-state index in [1.165, 1.54) is 0 Å². The molecule has 0 spiro atoms. The van der Waals surface area contributed by atoms with E-state index >= 15 is 0 Å². The molecule has 0 radical (unpaired) electrons. The number of nitrogens with one attached hydrogen (secondary N) is 1. The molecular weight excluding hydrogens is 299 g/mol. The Morgan fingerprint density at radius 2 is 2.00 bits per heavy atom. The third-order valence-corrected chi connectivity index (χ3v) is 3.72. The van der Waals surface area contributed by atoms with Gasteiger partial charge in [-0.1, -0.05) is 35.3 Å². The summed E-state index contributed by atoms with van der Waals surface area (Å²) in [6, 6.07) is 4.97. The van der Waals surface area contributed by atoms with Gasteiger partial charge in [0.2, 0.25) is 15.9 Å². The molecule has 0 fully saturated rings. The highest BCUT2D eigenvalue weighted by Gasteiger charge is 2.10. The first-order valence-corrected chi connectivity index (χ1v) is 7.47. The maximum absolute atomic E-state index is 11.5. The Morgan fingerprint density at radius 3 is 2.61 bits per heavy atom. The first-order chi connectivity index (χ1) is 8.29. The Bertz CT molecular complexity index is 546. The smallest absolute Gasteiger partial charge is 0.224 e. The van der Waals surface area contributed by atoms with E-state index in [0.717, 1.165) is 0 Å². The average Bonchev–Trinajstić information content (AvgIpc) is 2.23. The molecule has 3 N–H and O–H groups in total.